The number of amides is 1. The topological polar surface area (TPSA) is 102 Å². The number of nitro groups is 1. The molecule has 0 N–H and O–H groups in total. The number of hydrogen-bond acceptors (Lipinski definition) is 8. The van der Waals surface area contributed by atoms with Crippen LogP contribution in [0.3, 0.4) is 0 Å². The van der Waals surface area contributed by atoms with Gasteiger partial charge >= 0.3 is 0 Å². The fraction of sp³-hybridized carbons (Fsp3) is 0.333. The summed E-state index contributed by atoms with van der Waals surface area (Å²) in [6.45, 7) is 1.52. The zero-order valence-electron chi connectivity index (χ0n) is 11.5. The summed E-state index contributed by atoms with van der Waals surface area (Å²) in [5.41, 5.74) is -0.0567. The quantitative estimate of drug-likeness (QED) is 0.469. The first-order valence-electron chi connectivity index (χ1n) is 6.46. The lowest BCUT2D eigenvalue weighted by molar-refractivity contribution is -0.385. The van der Waals surface area contributed by atoms with Crippen LogP contribution in [-0.2, 0) is 4.79 Å². The summed E-state index contributed by atoms with van der Waals surface area (Å²) in [6, 6.07) is 3.19. The molecule has 1 amide bonds. The Morgan fingerprint density at radius 2 is 2.23 bits per heavy atom. The lowest BCUT2D eigenvalue weighted by atomic mass is 10.4. The predicted molar refractivity (Wildman–Crippen MR) is 81.1 cm³/mol. The molecule has 10 heteroatoms. The molecule has 1 aliphatic rings. The van der Waals surface area contributed by atoms with Gasteiger partial charge in [-0.15, -0.1) is 10.2 Å². The number of hydrogen-bond donors (Lipinski definition) is 0. The summed E-state index contributed by atoms with van der Waals surface area (Å²) < 4.78 is 0.642. The third-order valence-electron chi connectivity index (χ3n) is 2.98. The van der Waals surface area contributed by atoms with E-state index in [1.165, 1.54) is 42.3 Å². The predicted octanol–water partition coefficient (Wildman–Crippen LogP) is 2.51. The van der Waals surface area contributed by atoms with Crippen LogP contribution in [0.15, 0.2) is 27.7 Å². The monoisotopic (exact) mass is 337 g/mol. The lowest BCUT2D eigenvalue weighted by Crippen LogP contribution is -2.30. The normalized spacial score (nSPS) is 13.9. The maximum atomic E-state index is 11.7. The molecule has 0 radical (unpaired) electrons. The summed E-state index contributed by atoms with van der Waals surface area (Å²) in [5.74, 6) is -0.0383. The number of anilines is 1. The van der Waals surface area contributed by atoms with Gasteiger partial charge in [0.2, 0.25) is 11.0 Å². The Bertz CT molecular complexity index is 714. The van der Waals surface area contributed by atoms with Crippen molar-refractivity contribution in [1.29, 1.82) is 0 Å². The molecule has 3 rings (SSSR count). The molecule has 8 nitrogen and oxygen atoms in total. The first-order chi connectivity index (χ1) is 10.5. The molecule has 1 saturated carbocycles. The van der Waals surface area contributed by atoms with Crippen molar-refractivity contribution in [3.05, 3.63) is 28.4 Å². The van der Waals surface area contributed by atoms with E-state index in [-0.39, 0.29) is 17.6 Å². The van der Waals surface area contributed by atoms with Crippen molar-refractivity contribution in [3.63, 3.8) is 0 Å². The van der Waals surface area contributed by atoms with Crippen LogP contribution < -0.4 is 4.90 Å². The number of carbonyl (C=O) groups excluding carboxylic acids is 1. The molecule has 2 heterocycles. The van der Waals surface area contributed by atoms with Crippen molar-refractivity contribution < 1.29 is 9.72 Å². The highest BCUT2D eigenvalue weighted by Gasteiger charge is 2.34. The van der Waals surface area contributed by atoms with Gasteiger partial charge in [-0.2, -0.15) is 0 Å². The van der Waals surface area contributed by atoms with Crippen molar-refractivity contribution in [1.82, 2.24) is 15.2 Å². The Balaban J connectivity index is 1.73. The van der Waals surface area contributed by atoms with Gasteiger partial charge in [-0.25, -0.2) is 4.98 Å². The van der Waals surface area contributed by atoms with Gasteiger partial charge in [0.05, 0.1) is 4.92 Å². The Morgan fingerprint density at radius 1 is 1.45 bits per heavy atom. The molecule has 0 atom stereocenters. The average molecular weight is 337 g/mol. The average Bonchev–Trinajstić information content (AvgIpc) is 3.19. The van der Waals surface area contributed by atoms with E-state index in [1.807, 2.05) is 0 Å². The van der Waals surface area contributed by atoms with Crippen molar-refractivity contribution in [3.8, 4) is 0 Å². The van der Waals surface area contributed by atoms with Crippen LogP contribution in [0.4, 0.5) is 10.8 Å². The Hall–Kier alpha value is -2.07. The molecule has 114 valence electrons. The van der Waals surface area contributed by atoms with Crippen LogP contribution >= 0.6 is 23.1 Å². The van der Waals surface area contributed by atoms with Crippen LogP contribution in [0.2, 0.25) is 0 Å². The smallest absolute Gasteiger partial charge is 0.284 e. The molecule has 0 saturated heterocycles. The van der Waals surface area contributed by atoms with Gasteiger partial charge in [0.25, 0.3) is 5.69 Å². The van der Waals surface area contributed by atoms with Gasteiger partial charge in [0, 0.05) is 19.0 Å². The summed E-state index contributed by atoms with van der Waals surface area (Å²) >= 11 is 2.58. The van der Waals surface area contributed by atoms with E-state index >= 15 is 0 Å². The van der Waals surface area contributed by atoms with Gasteiger partial charge in [0.1, 0.15) is 11.2 Å². The van der Waals surface area contributed by atoms with Gasteiger partial charge in [-0.05, 0) is 30.7 Å². The van der Waals surface area contributed by atoms with Crippen molar-refractivity contribution in [2.24, 2.45) is 0 Å². The third-order valence-corrected chi connectivity index (χ3v) is 4.90. The highest BCUT2D eigenvalue weighted by atomic mass is 32.2. The minimum atomic E-state index is -0.495. The molecule has 0 spiro atoms. The molecular weight excluding hydrogens is 326 g/mol. The van der Waals surface area contributed by atoms with E-state index in [9.17, 15) is 14.9 Å². The van der Waals surface area contributed by atoms with Gasteiger partial charge in [0.15, 0.2) is 4.34 Å². The van der Waals surface area contributed by atoms with E-state index in [0.717, 1.165) is 12.8 Å². The van der Waals surface area contributed by atoms with Crippen LogP contribution in [-0.4, -0.2) is 32.1 Å². The second-order valence-electron chi connectivity index (χ2n) is 4.68. The summed E-state index contributed by atoms with van der Waals surface area (Å²) in [6.07, 6.45) is 3.19. The molecule has 2 aromatic rings. The van der Waals surface area contributed by atoms with Crippen LogP contribution in [0.25, 0.3) is 0 Å². The minimum absolute atomic E-state index is 0.0383. The number of nitrogens with zero attached hydrogens (tertiary/aromatic N) is 5. The van der Waals surface area contributed by atoms with Crippen molar-refractivity contribution in [2.45, 2.75) is 35.2 Å². The molecule has 1 fully saturated rings. The SMILES string of the molecule is CC(=O)N(c1nnc(Sc2ccc([N+](=O)[O-])cn2)s1)C1CC1. The van der Waals surface area contributed by atoms with Crippen molar-refractivity contribution in [2.75, 3.05) is 4.90 Å². The number of rotatable bonds is 5. The van der Waals surface area contributed by atoms with E-state index in [1.54, 1.807) is 11.0 Å². The maximum Gasteiger partial charge on any atom is 0.287 e. The molecular formula is C12H11N5O3S2. The second kappa shape index (κ2) is 5.97. The second-order valence-corrected chi connectivity index (χ2v) is 6.91. The standard InChI is InChI=1S/C12H11N5O3S2/c1-7(18)16(8-2-3-8)11-14-15-12(22-11)21-10-5-4-9(6-13-10)17(19)20/h4-6,8H,2-3H2,1H3. The van der Waals surface area contributed by atoms with Crippen LogP contribution in [0.5, 0.6) is 0 Å². The molecule has 0 bridgehead atoms. The molecule has 1 aliphatic carbocycles. The Labute approximate surface area is 133 Å². The highest BCUT2D eigenvalue weighted by molar-refractivity contribution is 8.01. The van der Waals surface area contributed by atoms with Gasteiger partial charge in [-0.3, -0.25) is 19.8 Å². The van der Waals surface area contributed by atoms with E-state index in [4.69, 9.17) is 0 Å². The van der Waals surface area contributed by atoms with Gasteiger partial charge < -0.3 is 0 Å². The number of aromatic nitrogens is 3. The van der Waals surface area contributed by atoms with E-state index < -0.39 is 4.92 Å². The summed E-state index contributed by atoms with van der Waals surface area (Å²) in [7, 11) is 0. The largest absolute Gasteiger partial charge is 0.287 e. The zero-order chi connectivity index (χ0) is 15.7. The molecule has 2 aromatic heterocycles. The Morgan fingerprint density at radius 3 is 2.77 bits per heavy atom. The summed E-state index contributed by atoms with van der Waals surface area (Å²) in [5, 5.41) is 19.9. The number of pyridine rings is 1. The van der Waals surface area contributed by atoms with Crippen LogP contribution in [0.1, 0.15) is 19.8 Å². The molecule has 0 unspecified atom stereocenters. The molecule has 0 aliphatic heterocycles. The first kappa shape index (κ1) is 14.9. The zero-order valence-corrected chi connectivity index (χ0v) is 13.1. The fourth-order valence-electron chi connectivity index (χ4n) is 1.85. The van der Waals surface area contributed by atoms with Gasteiger partial charge in [-0.1, -0.05) is 11.3 Å². The van der Waals surface area contributed by atoms with E-state index in [2.05, 4.69) is 15.2 Å². The minimum Gasteiger partial charge on any atom is -0.284 e. The molecule has 0 aromatic carbocycles. The fourth-order valence-corrected chi connectivity index (χ4v) is 3.70. The van der Waals surface area contributed by atoms with Crippen LogP contribution in [0, 0.1) is 10.1 Å². The van der Waals surface area contributed by atoms with Crippen molar-refractivity contribution >= 4 is 39.8 Å². The Kier molecular flexibility index (Phi) is 4.03. The first-order valence-corrected chi connectivity index (χ1v) is 8.09. The molecule has 22 heavy (non-hydrogen) atoms. The summed E-state index contributed by atoms with van der Waals surface area (Å²) in [4.78, 5) is 27.4. The highest BCUT2D eigenvalue weighted by Crippen LogP contribution is 2.37. The maximum absolute atomic E-state index is 11.7. The number of carbonyl (C=O) groups is 1. The van der Waals surface area contributed by atoms with E-state index in [0.29, 0.717) is 14.5 Å². The lowest BCUT2D eigenvalue weighted by Gasteiger charge is -2.15. The third kappa shape index (κ3) is 3.22.